The number of anilines is 1. The van der Waals surface area contributed by atoms with Gasteiger partial charge in [-0.15, -0.1) is 0 Å². The number of rotatable bonds is 4. The summed E-state index contributed by atoms with van der Waals surface area (Å²) < 4.78 is 4.77. The molecule has 0 aliphatic heterocycles. The summed E-state index contributed by atoms with van der Waals surface area (Å²) >= 11 is 0. The fourth-order valence-electron chi connectivity index (χ4n) is 2.57. The molecule has 1 N–H and O–H groups in total. The van der Waals surface area contributed by atoms with Gasteiger partial charge in [-0.05, 0) is 52.7 Å². The Morgan fingerprint density at radius 1 is 0.913 bits per heavy atom. The maximum Gasteiger partial charge on any atom is 0.315 e. The number of hydrogen-bond acceptors (Lipinski definition) is 3. The molecule has 0 spiro atoms. The normalized spacial score (nSPS) is 10.7. The van der Waals surface area contributed by atoms with Crippen LogP contribution in [-0.2, 0) is 14.3 Å². The van der Waals surface area contributed by atoms with E-state index < -0.39 is 5.97 Å². The number of carbonyl (C=O) groups excluding carboxylic acids is 2. The first kappa shape index (κ1) is 15.0. The highest BCUT2D eigenvalue weighted by molar-refractivity contribution is 6.04. The Labute approximate surface area is 134 Å². The summed E-state index contributed by atoms with van der Waals surface area (Å²) in [5.41, 5.74) is 0.669. The second kappa shape index (κ2) is 6.48. The van der Waals surface area contributed by atoms with Crippen molar-refractivity contribution < 1.29 is 14.3 Å². The van der Waals surface area contributed by atoms with Crippen molar-refractivity contribution in [2.75, 3.05) is 11.9 Å². The molecule has 4 nitrogen and oxygen atoms in total. The summed E-state index contributed by atoms with van der Waals surface area (Å²) in [6.07, 6.45) is -0.274. The van der Waals surface area contributed by atoms with Gasteiger partial charge in [0.2, 0.25) is 5.91 Å². The summed E-state index contributed by atoms with van der Waals surface area (Å²) in [6.45, 7) is 1.98. The van der Waals surface area contributed by atoms with Gasteiger partial charge in [0.1, 0.15) is 6.42 Å². The first-order valence-electron chi connectivity index (χ1n) is 7.54. The van der Waals surface area contributed by atoms with Crippen LogP contribution in [0, 0.1) is 0 Å². The zero-order valence-electron chi connectivity index (χ0n) is 12.8. The predicted octanol–water partition coefficient (Wildman–Crippen LogP) is 3.88. The molecule has 3 aromatic carbocycles. The van der Waals surface area contributed by atoms with Crippen LogP contribution < -0.4 is 5.32 Å². The zero-order valence-corrected chi connectivity index (χ0v) is 12.8. The van der Waals surface area contributed by atoms with Crippen LogP contribution >= 0.6 is 0 Å². The molecule has 0 aromatic heterocycles. The SMILES string of the molecule is CCOC(=O)CC(=O)Nc1ccc2cc3ccccc3cc2c1. The first-order chi connectivity index (χ1) is 11.2. The third-order valence-electron chi connectivity index (χ3n) is 3.60. The molecular weight excluding hydrogens is 290 g/mol. The van der Waals surface area contributed by atoms with E-state index in [1.54, 1.807) is 6.92 Å². The van der Waals surface area contributed by atoms with Gasteiger partial charge in [0.05, 0.1) is 6.61 Å². The van der Waals surface area contributed by atoms with Gasteiger partial charge in [0.25, 0.3) is 0 Å². The van der Waals surface area contributed by atoms with Crippen LogP contribution in [0.3, 0.4) is 0 Å². The highest BCUT2D eigenvalue weighted by Crippen LogP contribution is 2.25. The van der Waals surface area contributed by atoms with E-state index in [1.165, 1.54) is 5.39 Å². The monoisotopic (exact) mass is 307 g/mol. The van der Waals surface area contributed by atoms with Gasteiger partial charge < -0.3 is 10.1 Å². The Kier molecular flexibility index (Phi) is 4.24. The quantitative estimate of drug-likeness (QED) is 0.452. The minimum Gasteiger partial charge on any atom is -0.466 e. The summed E-state index contributed by atoms with van der Waals surface area (Å²) in [6, 6.07) is 18.1. The van der Waals surface area contributed by atoms with Crippen LogP contribution in [0.2, 0.25) is 0 Å². The fourth-order valence-corrected chi connectivity index (χ4v) is 2.57. The molecule has 0 heterocycles. The summed E-state index contributed by atoms with van der Waals surface area (Å²) in [7, 11) is 0. The lowest BCUT2D eigenvalue weighted by Crippen LogP contribution is -2.18. The topological polar surface area (TPSA) is 55.4 Å². The van der Waals surface area contributed by atoms with Crippen LogP contribution in [0.25, 0.3) is 21.5 Å². The number of ether oxygens (including phenoxy) is 1. The van der Waals surface area contributed by atoms with Crippen molar-refractivity contribution in [3.05, 3.63) is 54.6 Å². The maximum atomic E-state index is 11.8. The average Bonchev–Trinajstić information content (AvgIpc) is 2.53. The second-order valence-electron chi connectivity index (χ2n) is 5.29. The van der Waals surface area contributed by atoms with Crippen LogP contribution in [-0.4, -0.2) is 18.5 Å². The number of benzene rings is 3. The molecule has 4 heteroatoms. The van der Waals surface area contributed by atoms with Crippen molar-refractivity contribution >= 4 is 39.1 Å². The van der Waals surface area contributed by atoms with E-state index in [4.69, 9.17) is 4.74 Å². The second-order valence-corrected chi connectivity index (χ2v) is 5.29. The third-order valence-corrected chi connectivity index (χ3v) is 3.60. The molecule has 0 radical (unpaired) electrons. The van der Waals surface area contributed by atoms with Gasteiger partial charge in [0, 0.05) is 5.69 Å². The number of carbonyl (C=O) groups is 2. The van der Waals surface area contributed by atoms with Crippen LogP contribution in [0.1, 0.15) is 13.3 Å². The van der Waals surface area contributed by atoms with Crippen molar-refractivity contribution in [1.82, 2.24) is 0 Å². The third kappa shape index (κ3) is 3.48. The number of hydrogen-bond donors (Lipinski definition) is 1. The van der Waals surface area contributed by atoms with Gasteiger partial charge >= 0.3 is 5.97 Å². The molecule has 3 rings (SSSR count). The smallest absolute Gasteiger partial charge is 0.315 e. The molecular formula is C19H17NO3. The number of esters is 1. The Hall–Kier alpha value is -2.88. The van der Waals surface area contributed by atoms with Crippen molar-refractivity contribution in [2.45, 2.75) is 13.3 Å². The minimum atomic E-state index is -0.517. The Morgan fingerprint density at radius 2 is 1.57 bits per heavy atom. The lowest BCUT2D eigenvalue weighted by molar-refractivity contribution is -0.145. The molecule has 0 bridgehead atoms. The van der Waals surface area contributed by atoms with Gasteiger partial charge in [-0.1, -0.05) is 30.3 Å². The van der Waals surface area contributed by atoms with Crippen molar-refractivity contribution in [2.24, 2.45) is 0 Å². The van der Waals surface area contributed by atoms with Gasteiger partial charge in [-0.3, -0.25) is 9.59 Å². The van der Waals surface area contributed by atoms with E-state index in [9.17, 15) is 9.59 Å². The van der Waals surface area contributed by atoms with E-state index in [-0.39, 0.29) is 18.9 Å². The zero-order chi connectivity index (χ0) is 16.2. The molecule has 116 valence electrons. The predicted molar refractivity (Wildman–Crippen MR) is 91.3 cm³/mol. The van der Waals surface area contributed by atoms with E-state index >= 15 is 0 Å². The molecule has 0 saturated carbocycles. The largest absolute Gasteiger partial charge is 0.466 e. The van der Waals surface area contributed by atoms with Crippen LogP contribution in [0.4, 0.5) is 5.69 Å². The Balaban J connectivity index is 1.83. The molecule has 0 aliphatic rings. The van der Waals surface area contributed by atoms with Crippen molar-refractivity contribution in [3.63, 3.8) is 0 Å². The summed E-state index contributed by atoms with van der Waals surface area (Å²) in [5, 5.41) is 7.20. The Bertz CT molecular complexity index is 886. The number of nitrogens with one attached hydrogen (secondary N) is 1. The summed E-state index contributed by atoms with van der Waals surface area (Å²) in [5.74, 6) is -0.889. The lowest BCUT2D eigenvalue weighted by Gasteiger charge is -2.08. The van der Waals surface area contributed by atoms with Crippen molar-refractivity contribution in [3.8, 4) is 0 Å². The number of fused-ring (bicyclic) bond motifs is 2. The summed E-state index contributed by atoms with van der Waals surface area (Å²) in [4.78, 5) is 23.2. The average molecular weight is 307 g/mol. The Morgan fingerprint density at radius 3 is 2.26 bits per heavy atom. The number of amides is 1. The molecule has 0 atom stereocenters. The standard InChI is InChI=1S/C19H17NO3/c1-2-23-19(22)12-18(21)20-17-8-7-15-9-13-5-3-4-6-14(13)10-16(15)11-17/h3-11H,2,12H2,1H3,(H,20,21). The maximum absolute atomic E-state index is 11.8. The highest BCUT2D eigenvalue weighted by atomic mass is 16.5. The lowest BCUT2D eigenvalue weighted by atomic mass is 10.0. The highest BCUT2D eigenvalue weighted by Gasteiger charge is 2.10. The van der Waals surface area contributed by atoms with Crippen molar-refractivity contribution in [1.29, 1.82) is 0 Å². The molecule has 0 unspecified atom stereocenters. The first-order valence-corrected chi connectivity index (χ1v) is 7.54. The molecule has 1 amide bonds. The van der Waals surface area contributed by atoms with Crippen LogP contribution in [0.5, 0.6) is 0 Å². The molecule has 3 aromatic rings. The van der Waals surface area contributed by atoms with E-state index in [0.29, 0.717) is 5.69 Å². The van der Waals surface area contributed by atoms with Crippen LogP contribution in [0.15, 0.2) is 54.6 Å². The van der Waals surface area contributed by atoms with E-state index in [1.807, 2.05) is 30.3 Å². The minimum absolute atomic E-state index is 0.273. The van der Waals surface area contributed by atoms with Gasteiger partial charge in [-0.2, -0.15) is 0 Å². The molecule has 0 saturated heterocycles. The van der Waals surface area contributed by atoms with E-state index in [2.05, 4.69) is 29.6 Å². The van der Waals surface area contributed by atoms with Gasteiger partial charge in [0.15, 0.2) is 0 Å². The fraction of sp³-hybridized carbons (Fsp3) is 0.158. The molecule has 23 heavy (non-hydrogen) atoms. The molecule has 0 fully saturated rings. The molecule has 0 aliphatic carbocycles. The van der Waals surface area contributed by atoms with Gasteiger partial charge in [-0.25, -0.2) is 0 Å². The van der Waals surface area contributed by atoms with E-state index in [0.717, 1.165) is 16.2 Å².